The van der Waals surface area contributed by atoms with E-state index in [4.69, 9.17) is 9.72 Å². The van der Waals surface area contributed by atoms with Crippen molar-refractivity contribution < 1.29 is 9.53 Å². The van der Waals surface area contributed by atoms with Crippen LogP contribution in [0.5, 0.6) is 0 Å². The summed E-state index contributed by atoms with van der Waals surface area (Å²) < 4.78 is 4.86. The molecule has 3 heterocycles. The van der Waals surface area contributed by atoms with Crippen LogP contribution in [0.25, 0.3) is 22.0 Å². The number of carbonyl (C=O) groups is 1. The first-order valence-electron chi connectivity index (χ1n) is 12.5. The first-order chi connectivity index (χ1) is 17.9. The quantitative estimate of drug-likeness (QED) is 0.371. The maximum Gasteiger partial charge on any atom is 0.337 e. The number of ether oxygens (including phenoxy) is 1. The summed E-state index contributed by atoms with van der Waals surface area (Å²) in [7, 11) is 5.69. The number of fused-ring (bicyclic) bond motifs is 1. The highest BCUT2D eigenvalue weighted by Crippen LogP contribution is 2.28. The van der Waals surface area contributed by atoms with Gasteiger partial charge in [-0.25, -0.2) is 19.7 Å². The van der Waals surface area contributed by atoms with Gasteiger partial charge in [-0.2, -0.15) is 0 Å². The van der Waals surface area contributed by atoms with Crippen molar-refractivity contribution in [1.82, 2.24) is 19.9 Å². The minimum absolute atomic E-state index is 0.352. The van der Waals surface area contributed by atoms with Gasteiger partial charge in [-0.3, -0.25) is 0 Å². The van der Waals surface area contributed by atoms with Gasteiger partial charge < -0.3 is 19.9 Å². The second-order valence-electron chi connectivity index (χ2n) is 9.71. The topological polar surface area (TPSA) is 83.5 Å². The number of hydrogen-bond donors (Lipinski definition) is 1. The number of rotatable bonds is 6. The van der Waals surface area contributed by atoms with Gasteiger partial charge in [-0.1, -0.05) is 12.1 Å². The normalized spacial score (nSPS) is 14.2. The fourth-order valence-corrected chi connectivity index (χ4v) is 4.88. The first-order valence-corrected chi connectivity index (χ1v) is 12.5. The summed E-state index contributed by atoms with van der Waals surface area (Å²) in [6.45, 7) is 4.07. The van der Waals surface area contributed by atoms with E-state index in [1.54, 1.807) is 6.07 Å². The van der Waals surface area contributed by atoms with Crippen LogP contribution in [-0.2, 0) is 4.74 Å². The van der Waals surface area contributed by atoms with Crippen LogP contribution < -0.4 is 10.2 Å². The Morgan fingerprint density at radius 3 is 2.54 bits per heavy atom. The predicted molar refractivity (Wildman–Crippen MR) is 147 cm³/mol. The Bertz CT molecular complexity index is 1410. The van der Waals surface area contributed by atoms with Crippen LogP contribution in [0.4, 0.5) is 17.5 Å². The number of hydrogen-bond acceptors (Lipinski definition) is 8. The SMILES string of the molecule is COC(=O)c1cccc(-c2cc(C)c3nc(Nc4ccc(N5CCC(N(C)C)CC5)nc4)ncc3c2)c1. The molecule has 37 heavy (non-hydrogen) atoms. The Balaban J connectivity index is 1.31. The van der Waals surface area contributed by atoms with Crippen molar-refractivity contribution >= 4 is 34.3 Å². The molecular formula is C29H32N6O2. The number of esters is 1. The largest absolute Gasteiger partial charge is 0.465 e. The zero-order valence-electron chi connectivity index (χ0n) is 21.7. The molecule has 1 aliphatic rings. The summed E-state index contributed by atoms with van der Waals surface area (Å²) in [4.78, 5) is 30.6. The van der Waals surface area contributed by atoms with E-state index in [1.807, 2.05) is 49.6 Å². The number of nitrogens with one attached hydrogen (secondary N) is 1. The van der Waals surface area contributed by atoms with E-state index in [0.717, 1.165) is 65.0 Å². The number of methoxy groups -OCH3 is 1. The Labute approximate surface area is 217 Å². The number of aromatic nitrogens is 3. The third kappa shape index (κ3) is 5.39. The molecule has 8 heteroatoms. The van der Waals surface area contributed by atoms with Gasteiger partial charge in [0.1, 0.15) is 5.82 Å². The number of aryl methyl sites for hydroxylation is 1. The molecule has 1 saturated heterocycles. The maximum atomic E-state index is 11.9. The average molecular weight is 497 g/mol. The lowest BCUT2D eigenvalue weighted by molar-refractivity contribution is 0.0601. The van der Waals surface area contributed by atoms with Crippen molar-refractivity contribution in [1.29, 1.82) is 0 Å². The third-order valence-electron chi connectivity index (χ3n) is 7.01. The molecular weight excluding hydrogens is 464 g/mol. The van der Waals surface area contributed by atoms with Crippen LogP contribution in [0.2, 0.25) is 0 Å². The van der Waals surface area contributed by atoms with Crippen LogP contribution in [0.15, 0.2) is 60.9 Å². The van der Waals surface area contributed by atoms with Crippen LogP contribution in [0.3, 0.4) is 0 Å². The van der Waals surface area contributed by atoms with Gasteiger partial charge >= 0.3 is 5.97 Å². The molecule has 0 spiro atoms. The maximum absolute atomic E-state index is 11.9. The summed E-state index contributed by atoms with van der Waals surface area (Å²) in [6.07, 6.45) is 5.96. The van der Waals surface area contributed by atoms with Crippen molar-refractivity contribution in [2.75, 3.05) is 44.5 Å². The molecule has 1 fully saturated rings. The first kappa shape index (κ1) is 24.6. The second kappa shape index (κ2) is 10.5. The van der Waals surface area contributed by atoms with Gasteiger partial charge in [0.25, 0.3) is 0 Å². The predicted octanol–water partition coefficient (Wildman–Crippen LogP) is 5.06. The van der Waals surface area contributed by atoms with E-state index in [1.165, 1.54) is 7.11 Å². The fourth-order valence-electron chi connectivity index (χ4n) is 4.88. The molecule has 0 amide bonds. The molecule has 4 aromatic rings. The van der Waals surface area contributed by atoms with Crippen LogP contribution >= 0.6 is 0 Å². The lowest BCUT2D eigenvalue weighted by Gasteiger charge is -2.35. The monoisotopic (exact) mass is 496 g/mol. The Morgan fingerprint density at radius 1 is 1.03 bits per heavy atom. The van der Waals surface area contributed by atoms with Crippen LogP contribution in [0, 0.1) is 6.92 Å². The lowest BCUT2D eigenvalue weighted by Crippen LogP contribution is -2.42. The van der Waals surface area contributed by atoms with Crippen LogP contribution in [-0.4, -0.2) is 66.2 Å². The summed E-state index contributed by atoms with van der Waals surface area (Å²) in [5.41, 5.74) is 5.20. The molecule has 0 aliphatic carbocycles. The molecule has 2 aromatic carbocycles. The zero-order chi connectivity index (χ0) is 25.9. The second-order valence-corrected chi connectivity index (χ2v) is 9.71. The molecule has 190 valence electrons. The van der Waals surface area contributed by atoms with Crippen molar-refractivity contribution in [2.24, 2.45) is 0 Å². The highest BCUT2D eigenvalue weighted by molar-refractivity contribution is 5.92. The molecule has 0 saturated carbocycles. The van der Waals surface area contributed by atoms with E-state index < -0.39 is 0 Å². The minimum Gasteiger partial charge on any atom is -0.465 e. The molecule has 0 radical (unpaired) electrons. The molecule has 8 nitrogen and oxygen atoms in total. The molecule has 1 N–H and O–H groups in total. The van der Waals surface area contributed by atoms with Crippen molar-refractivity contribution in [3.8, 4) is 11.1 Å². The molecule has 1 aliphatic heterocycles. The highest BCUT2D eigenvalue weighted by atomic mass is 16.5. The summed E-state index contributed by atoms with van der Waals surface area (Å²) >= 11 is 0. The van der Waals surface area contributed by atoms with E-state index in [2.05, 4.69) is 51.3 Å². The zero-order valence-corrected chi connectivity index (χ0v) is 21.7. The van der Waals surface area contributed by atoms with E-state index >= 15 is 0 Å². The molecule has 5 rings (SSSR count). The van der Waals surface area contributed by atoms with E-state index in [-0.39, 0.29) is 5.97 Å². The number of piperidine rings is 1. The summed E-state index contributed by atoms with van der Waals surface area (Å²) in [5.74, 6) is 1.18. The summed E-state index contributed by atoms with van der Waals surface area (Å²) in [5, 5.41) is 4.22. The summed E-state index contributed by atoms with van der Waals surface area (Å²) in [6, 6.07) is 16.3. The van der Waals surface area contributed by atoms with Gasteiger partial charge in [0.05, 0.1) is 30.1 Å². The highest BCUT2D eigenvalue weighted by Gasteiger charge is 2.21. The molecule has 2 aromatic heterocycles. The smallest absolute Gasteiger partial charge is 0.337 e. The number of carbonyl (C=O) groups excluding carboxylic acids is 1. The van der Waals surface area contributed by atoms with Gasteiger partial charge in [-0.15, -0.1) is 0 Å². The average Bonchev–Trinajstić information content (AvgIpc) is 2.93. The lowest BCUT2D eigenvalue weighted by atomic mass is 9.99. The van der Waals surface area contributed by atoms with Crippen LogP contribution in [0.1, 0.15) is 28.8 Å². The number of pyridine rings is 1. The Morgan fingerprint density at radius 2 is 1.84 bits per heavy atom. The number of anilines is 3. The fraction of sp³-hybridized carbons (Fsp3) is 0.310. The molecule has 0 atom stereocenters. The Kier molecular flexibility index (Phi) is 7.01. The van der Waals surface area contributed by atoms with Gasteiger partial charge in [-0.05, 0) is 86.9 Å². The Hall–Kier alpha value is -4.04. The molecule has 0 bridgehead atoms. The number of benzene rings is 2. The standard InChI is InChI=1S/C29H32N6O2/c1-19-14-22(20-6-5-7-21(15-20)28(36)37-4)16-23-17-31-29(33-27(19)23)32-24-8-9-26(30-18-24)35-12-10-25(11-13-35)34(2)3/h5-9,14-18,25H,10-13H2,1-4H3,(H,31,32,33). The molecule has 0 unspecified atom stereocenters. The van der Waals surface area contributed by atoms with Gasteiger partial charge in [0, 0.05) is 30.7 Å². The van der Waals surface area contributed by atoms with Crippen molar-refractivity contribution in [3.05, 3.63) is 72.1 Å². The van der Waals surface area contributed by atoms with E-state index in [0.29, 0.717) is 17.6 Å². The van der Waals surface area contributed by atoms with Crippen molar-refractivity contribution in [3.63, 3.8) is 0 Å². The third-order valence-corrected chi connectivity index (χ3v) is 7.01. The van der Waals surface area contributed by atoms with E-state index in [9.17, 15) is 4.79 Å². The van der Waals surface area contributed by atoms with Gasteiger partial charge in [0.2, 0.25) is 5.95 Å². The number of nitrogens with zero attached hydrogens (tertiary/aromatic N) is 5. The van der Waals surface area contributed by atoms with Gasteiger partial charge in [0.15, 0.2) is 0 Å². The minimum atomic E-state index is -0.352. The van der Waals surface area contributed by atoms with Crippen molar-refractivity contribution in [2.45, 2.75) is 25.8 Å².